The molecule has 0 aliphatic rings. The molecule has 0 aliphatic carbocycles. The predicted molar refractivity (Wildman–Crippen MR) is 138 cm³/mol. The summed E-state index contributed by atoms with van der Waals surface area (Å²) < 4.78 is 0.825. The maximum absolute atomic E-state index is 13.2. The number of nitro benzene ring substituents is 1. The van der Waals surface area contributed by atoms with Crippen LogP contribution in [0.15, 0.2) is 103 Å². The van der Waals surface area contributed by atoms with Crippen LogP contribution in [0.3, 0.4) is 0 Å². The number of aromatic nitrogens is 2. The Morgan fingerprint density at radius 3 is 2.25 bits per heavy atom. The number of fused-ring (bicyclic) bond motifs is 1. The number of non-ortho nitro benzene ring substituents is 1. The van der Waals surface area contributed by atoms with Crippen molar-refractivity contribution in [3.05, 3.63) is 124 Å². The number of carbonyl (C=O) groups excluding carboxylic acids is 1. The largest absolute Gasteiger partial charge is 0.426 e. The van der Waals surface area contributed by atoms with Crippen LogP contribution in [-0.2, 0) is 4.79 Å². The monoisotopic (exact) mass is 476 g/mol. The molecule has 176 valence electrons. The average Bonchev–Trinajstić information content (AvgIpc) is 3.24. The molecular weight excluding hydrogens is 456 g/mol. The fraction of sp³-hybridized carbons (Fsp3) is 0. The van der Waals surface area contributed by atoms with Gasteiger partial charge in [-0.25, -0.2) is 4.98 Å². The third-order valence-electron chi connectivity index (χ3n) is 5.67. The Bertz CT molecular complexity index is 1590. The molecule has 2 N–H and O–H groups in total. The van der Waals surface area contributed by atoms with Crippen molar-refractivity contribution in [3.8, 4) is 11.4 Å². The minimum absolute atomic E-state index is 0.139. The van der Waals surface area contributed by atoms with E-state index < -0.39 is 4.92 Å². The Balaban J connectivity index is 1.42. The van der Waals surface area contributed by atoms with Crippen molar-refractivity contribution in [2.24, 2.45) is 0 Å². The zero-order valence-electron chi connectivity index (χ0n) is 18.9. The lowest BCUT2D eigenvalue weighted by Gasteiger charge is -2.10. The van der Waals surface area contributed by atoms with Crippen LogP contribution in [0.25, 0.3) is 34.1 Å². The van der Waals surface area contributed by atoms with Crippen LogP contribution in [-0.4, -0.2) is 25.8 Å². The number of nitro groups is 1. The fourth-order valence-corrected chi connectivity index (χ4v) is 3.87. The molecule has 0 bridgehead atoms. The van der Waals surface area contributed by atoms with Gasteiger partial charge in [-0.2, -0.15) is 4.73 Å². The summed E-state index contributed by atoms with van der Waals surface area (Å²) in [7, 11) is 0. The maximum Gasteiger partial charge on any atom is 0.271 e. The number of hydrogen-bond acceptors (Lipinski definition) is 5. The van der Waals surface area contributed by atoms with E-state index in [1.165, 1.54) is 18.2 Å². The molecule has 5 aromatic rings. The lowest BCUT2D eigenvalue weighted by molar-refractivity contribution is -0.384. The number of rotatable bonds is 6. The van der Waals surface area contributed by atoms with E-state index in [1.54, 1.807) is 24.3 Å². The highest BCUT2D eigenvalue weighted by molar-refractivity contribution is 6.29. The molecule has 0 aliphatic heterocycles. The smallest absolute Gasteiger partial charge is 0.271 e. The van der Waals surface area contributed by atoms with Gasteiger partial charge in [-0.1, -0.05) is 60.7 Å². The van der Waals surface area contributed by atoms with E-state index in [2.05, 4.69) is 10.3 Å². The standard InChI is InChI=1S/C28H20N4O4/c33-28(24(20-9-5-2-6-10-20)17-19-7-3-1-4-8-19)29-22-13-11-21(12-14-22)27-30-25-16-15-23(32(35)36)18-26(25)31(27)34/h1-18,34H,(H,29,33)/b24-17+. The SMILES string of the molecule is O=C(Nc1ccc(-c2nc3ccc([N+](=O)[O-])cc3n2O)cc1)/C(=C/c1ccccc1)c1ccccc1. The van der Waals surface area contributed by atoms with E-state index in [0.29, 0.717) is 22.3 Å². The zero-order chi connectivity index (χ0) is 25.1. The molecule has 8 heteroatoms. The number of benzene rings is 4. The Labute approximate surface area is 205 Å². The molecule has 1 heterocycles. The van der Waals surface area contributed by atoms with E-state index in [-0.39, 0.29) is 22.9 Å². The summed E-state index contributed by atoms with van der Waals surface area (Å²) in [6.07, 6.45) is 1.84. The first kappa shape index (κ1) is 22.5. The first-order chi connectivity index (χ1) is 17.5. The van der Waals surface area contributed by atoms with Crippen LogP contribution in [0.5, 0.6) is 0 Å². The third-order valence-corrected chi connectivity index (χ3v) is 5.67. The lowest BCUT2D eigenvalue weighted by atomic mass is 10.0. The minimum atomic E-state index is -0.528. The van der Waals surface area contributed by atoms with Crippen molar-refractivity contribution in [2.45, 2.75) is 0 Å². The van der Waals surface area contributed by atoms with E-state index in [0.717, 1.165) is 15.9 Å². The van der Waals surface area contributed by atoms with Crippen molar-refractivity contribution in [1.82, 2.24) is 9.71 Å². The van der Waals surface area contributed by atoms with E-state index in [9.17, 15) is 20.1 Å². The summed E-state index contributed by atoms with van der Waals surface area (Å²) in [5.74, 6) is -0.0307. The molecule has 0 fully saturated rings. The number of hydrogen-bond donors (Lipinski definition) is 2. The van der Waals surface area contributed by atoms with Crippen LogP contribution in [0.1, 0.15) is 11.1 Å². The summed E-state index contributed by atoms with van der Waals surface area (Å²) in [6, 6.07) is 30.0. The number of anilines is 1. The van der Waals surface area contributed by atoms with Gasteiger partial charge in [-0.05, 0) is 47.5 Å². The van der Waals surface area contributed by atoms with Gasteiger partial charge in [0.25, 0.3) is 11.6 Å². The molecule has 0 atom stereocenters. The molecule has 5 rings (SSSR count). The molecule has 36 heavy (non-hydrogen) atoms. The van der Waals surface area contributed by atoms with Gasteiger partial charge in [0, 0.05) is 29.0 Å². The summed E-state index contributed by atoms with van der Waals surface area (Å²) in [6.45, 7) is 0. The van der Waals surface area contributed by atoms with Crippen LogP contribution in [0, 0.1) is 10.1 Å². The molecule has 0 unspecified atom stereocenters. The van der Waals surface area contributed by atoms with Crippen molar-refractivity contribution < 1.29 is 14.9 Å². The van der Waals surface area contributed by atoms with E-state index >= 15 is 0 Å². The second-order valence-corrected chi connectivity index (χ2v) is 8.04. The first-order valence-corrected chi connectivity index (χ1v) is 11.1. The number of amides is 1. The predicted octanol–water partition coefficient (Wildman–Crippen LogP) is 6.03. The summed E-state index contributed by atoms with van der Waals surface area (Å²) >= 11 is 0. The highest BCUT2D eigenvalue weighted by Gasteiger charge is 2.17. The summed E-state index contributed by atoms with van der Waals surface area (Å²) in [5.41, 5.74) is 3.88. The van der Waals surface area contributed by atoms with Crippen molar-refractivity contribution in [3.63, 3.8) is 0 Å². The molecule has 0 saturated carbocycles. The fourth-order valence-electron chi connectivity index (χ4n) is 3.87. The molecule has 1 amide bonds. The quantitative estimate of drug-likeness (QED) is 0.102. The van der Waals surface area contributed by atoms with Gasteiger partial charge in [0.2, 0.25) is 0 Å². The Kier molecular flexibility index (Phi) is 5.98. The second kappa shape index (κ2) is 9.55. The Morgan fingerprint density at radius 1 is 0.917 bits per heavy atom. The third kappa shape index (κ3) is 4.55. The number of imidazole rings is 1. The second-order valence-electron chi connectivity index (χ2n) is 8.04. The van der Waals surface area contributed by atoms with Crippen LogP contribution in [0.2, 0.25) is 0 Å². The summed E-state index contributed by atoms with van der Waals surface area (Å²) in [5, 5.41) is 24.5. The van der Waals surface area contributed by atoms with Gasteiger partial charge >= 0.3 is 0 Å². The van der Waals surface area contributed by atoms with E-state index in [1.807, 2.05) is 66.7 Å². The molecule has 0 radical (unpaired) electrons. The van der Waals surface area contributed by atoms with Crippen molar-refractivity contribution >= 4 is 40.0 Å². The van der Waals surface area contributed by atoms with Crippen molar-refractivity contribution in [1.29, 1.82) is 0 Å². The normalized spacial score (nSPS) is 11.4. The van der Waals surface area contributed by atoms with Gasteiger partial charge in [0.15, 0.2) is 5.82 Å². The highest BCUT2D eigenvalue weighted by Crippen LogP contribution is 2.28. The molecule has 4 aromatic carbocycles. The van der Waals surface area contributed by atoms with Crippen molar-refractivity contribution in [2.75, 3.05) is 5.32 Å². The maximum atomic E-state index is 13.2. The minimum Gasteiger partial charge on any atom is -0.426 e. The molecule has 0 saturated heterocycles. The molecular formula is C28H20N4O4. The summed E-state index contributed by atoms with van der Waals surface area (Å²) in [4.78, 5) is 28.1. The Hall–Kier alpha value is -5.24. The average molecular weight is 476 g/mol. The molecule has 1 aromatic heterocycles. The van der Waals surface area contributed by atoms with Gasteiger partial charge < -0.3 is 10.5 Å². The molecule has 8 nitrogen and oxygen atoms in total. The lowest BCUT2D eigenvalue weighted by Crippen LogP contribution is -2.13. The van der Waals surface area contributed by atoms with Gasteiger partial charge in [-0.15, -0.1) is 0 Å². The van der Waals surface area contributed by atoms with Crippen LogP contribution < -0.4 is 5.32 Å². The van der Waals surface area contributed by atoms with Crippen LogP contribution in [0.4, 0.5) is 11.4 Å². The van der Waals surface area contributed by atoms with Gasteiger partial charge in [-0.3, -0.25) is 14.9 Å². The number of nitrogens with zero attached hydrogens (tertiary/aromatic N) is 3. The number of carbonyl (C=O) groups is 1. The topological polar surface area (TPSA) is 110 Å². The highest BCUT2D eigenvalue weighted by atomic mass is 16.6. The molecule has 0 spiro atoms. The van der Waals surface area contributed by atoms with Crippen LogP contribution >= 0.6 is 0 Å². The Morgan fingerprint density at radius 2 is 1.58 bits per heavy atom. The van der Waals surface area contributed by atoms with E-state index in [4.69, 9.17) is 0 Å². The van der Waals surface area contributed by atoms with Gasteiger partial charge in [0.1, 0.15) is 5.52 Å². The number of nitrogens with one attached hydrogen (secondary N) is 1. The van der Waals surface area contributed by atoms with Gasteiger partial charge in [0.05, 0.1) is 10.4 Å². The zero-order valence-corrected chi connectivity index (χ0v) is 18.9. The first-order valence-electron chi connectivity index (χ1n) is 11.1.